The number of aryl methyl sites for hydroxylation is 2. The first kappa shape index (κ1) is 27.7. The van der Waals surface area contributed by atoms with Crippen LogP contribution in [0.3, 0.4) is 0 Å². The molecule has 1 aromatic heterocycles. The molecule has 0 saturated heterocycles. The number of hydrogen-bond donors (Lipinski definition) is 3. The molecule has 0 atom stereocenters. The highest BCUT2D eigenvalue weighted by atomic mass is 127. The molecule has 1 amide bonds. The van der Waals surface area contributed by atoms with E-state index in [1.54, 1.807) is 0 Å². The average Bonchev–Trinajstić information content (AvgIpc) is 3.10. The van der Waals surface area contributed by atoms with E-state index >= 15 is 0 Å². The summed E-state index contributed by atoms with van der Waals surface area (Å²) in [4.78, 5) is 20.6. The van der Waals surface area contributed by atoms with Gasteiger partial charge in [-0.25, -0.2) is 4.79 Å². The van der Waals surface area contributed by atoms with E-state index in [-0.39, 0.29) is 24.0 Å². The third kappa shape index (κ3) is 11.3. The fourth-order valence-electron chi connectivity index (χ4n) is 2.71. The van der Waals surface area contributed by atoms with Crippen molar-refractivity contribution < 1.29 is 14.1 Å². The Morgan fingerprint density at radius 2 is 1.88 bits per heavy atom. The van der Waals surface area contributed by atoms with E-state index in [9.17, 15) is 4.79 Å². The molecule has 0 radical (unpaired) electrons. The van der Waals surface area contributed by atoms with Gasteiger partial charge in [0, 0.05) is 31.7 Å². The van der Waals surface area contributed by atoms with Crippen LogP contribution in [0, 0.1) is 6.92 Å². The molecule has 0 spiro atoms. The molecular formula is C22H35IN6O3. The lowest BCUT2D eigenvalue weighted by atomic mass is 10.1. The van der Waals surface area contributed by atoms with Crippen molar-refractivity contribution in [3.63, 3.8) is 0 Å². The van der Waals surface area contributed by atoms with Crippen LogP contribution < -0.4 is 16.0 Å². The molecule has 2 aromatic rings. The predicted octanol–water partition coefficient (Wildman–Crippen LogP) is 4.07. The van der Waals surface area contributed by atoms with Crippen molar-refractivity contribution in [1.29, 1.82) is 0 Å². The molecule has 0 saturated carbocycles. The molecular weight excluding hydrogens is 523 g/mol. The molecule has 32 heavy (non-hydrogen) atoms. The number of guanidine groups is 1. The van der Waals surface area contributed by atoms with Gasteiger partial charge in [-0.2, -0.15) is 4.98 Å². The third-order valence-corrected chi connectivity index (χ3v) is 4.04. The SMILES string of the molecule is CCNC(=NCCCc1nc(C)no1)NCCc1ccc(NC(=O)OC(C)(C)C)cc1.I. The minimum absolute atomic E-state index is 0. The second-order valence-corrected chi connectivity index (χ2v) is 8.10. The van der Waals surface area contributed by atoms with Crippen molar-refractivity contribution in [2.45, 2.75) is 59.5 Å². The largest absolute Gasteiger partial charge is 0.444 e. The Labute approximate surface area is 207 Å². The van der Waals surface area contributed by atoms with E-state index in [0.29, 0.717) is 30.4 Å². The molecule has 178 valence electrons. The zero-order valence-corrected chi connectivity index (χ0v) is 21.9. The van der Waals surface area contributed by atoms with Crippen molar-refractivity contribution in [3.05, 3.63) is 41.5 Å². The van der Waals surface area contributed by atoms with Crippen molar-refractivity contribution in [2.75, 3.05) is 25.0 Å². The highest BCUT2D eigenvalue weighted by Crippen LogP contribution is 2.13. The smallest absolute Gasteiger partial charge is 0.412 e. The molecule has 9 nitrogen and oxygen atoms in total. The Balaban J connectivity index is 0.00000512. The van der Waals surface area contributed by atoms with Gasteiger partial charge in [0.15, 0.2) is 11.8 Å². The molecule has 0 aliphatic carbocycles. The maximum absolute atomic E-state index is 11.8. The van der Waals surface area contributed by atoms with Gasteiger partial charge in [0.25, 0.3) is 0 Å². The fraction of sp³-hybridized carbons (Fsp3) is 0.545. The lowest BCUT2D eigenvalue weighted by molar-refractivity contribution is 0.0636. The van der Waals surface area contributed by atoms with Crippen LogP contribution in [0.25, 0.3) is 0 Å². The zero-order valence-electron chi connectivity index (χ0n) is 19.5. The highest BCUT2D eigenvalue weighted by Gasteiger charge is 2.16. The number of nitrogens with one attached hydrogen (secondary N) is 3. The maximum Gasteiger partial charge on any atom is 0.412 e. The Morgan fingerprint density at radius 1 is 1.16 bits per heavy atom. The molecule has 0 bridgehead atoms. The summed E-state index contributed by atoms with van der Waals surface area (Å²) in [5.41, 5.74) is 1.34. The Kier molecular flexibility index (Phi) is 12.0. The average molecular weight is 558 g/mol. The standard InChI is InChI=1S/C22H34N6O3.HI/c1-6-23-20(24-14-7-8-19-26-16(2)28-31-19)25-15-13-17-9-11-18(12-10-17)27-21(29)30-22(3,4)5;/h9-12H,6-8,13-15H2,1-5H3,(H,27,29)(H2,23,24,25);1H. The third-order valence-electron chi connectivity index (χ3n) is 4.04. The molecule has 0 unspecified atom stereocenters. The van der Waals surface area contributed by atoms with Crippen LogP contribution in [0.15, 0.2) is 33.8 Å². The number of rotatable bonds is 9. The number of aromatic nitrogens is 2. The molecule has 0 fully saturated rings. The van der Waals surface area contributed by atoms with Crippen molar-refractivity contribution >= 4 is 41.7 Å². The topological polar surface area (TPSA) is 114 Å². The Hall–Kier alpha value is -2.37. The number of carbonyl (C=O) groups excluding carboxylic acids is 1. The fourth-order valence-corrected chi connectivity index (χ4v) is 2.71. The van der Waals surface area contributed by atoms with Crippen LogP contribution in [-0.4, -0.2) is 47.4 Å². The minimum atomic E-state index is -0.520. The first-order valence-electron chi connectivity index (χ1n) is 10.7. The highest BCUT2D eigenvalue weighted by molar-refractivity contribution is 14.0. The normalized spacial score (nSPS) is 11.5. The van der Waals surface area contributed by atoms with Crippen LogP contribution in [-0.2, 0) is 17.6 Å². The van der Waals surface area contributed by atoms with Gasteiger partial charge in [-0.15, -0.1) is 24.0 Å². The first-order valence-corrected chi connectivity index (χ1v) is 10.7. The van der Waals surface area contributed by atoms with Crippen molar-refractivity contribution in [2.24, 2.45) is 4.99 Å². The molecule has 0 aliphatic heterocycles. The summed E-state index contributed by atoms with van der Waals surface area (Å²) in [7, 11) is 0. The number of halogens is 1. The minimum Gasteiger partial charge on any atom is -0.444 e. The van der Waals surface area contributed by atoms with Gasteiger partial charge in [0.2, 0.25) is 5.89 Å². The number of amides is 1. The number of benzene rings is 1. The van der Waals surface area contributed by atoms with Gasteiger partial charge >= 0.3 is 6.09 Å². The quantitative estimate of drug-likeness (QED) is 0.184. The molecule has 1 aromatic carbocycles. The van der Waals surface area contributed by atoms with Gasteiger partial charge in [-0.1, -0.05) is 17.3 Å². The number of ether oxygens (including phenoxy) is 1. The van der Waals surface area contributed by atoms with Crippen LogP contribution >= 0.6 is 24.0 Å². The summed E-state index contributed by atoms with van der Waals surface area (Å²) < 4.78 is 10.4. The van der Waals surface area contributed by atoms with Gasteiger partial charge < -0.3 is 19.9 Å². The van der Waals surface area contributed by atoms with Crippen molar-refractivity contribution in [1.82, 2.24) is 20.8 Å². The van der Waals surface area contributed by atoms with Gasteiger partial charge in [0.1, 0.15) is 5.60 Å². The number of carbonyl (C=O) groups is 1. The van der Waals surface area contributed by atoms with E-state index in [1.807, 2.05) is 58.9 Å². The molecule has 10 heteroatoms. The monoisotopic (exact) mass is 558 g/mol. The number of hydrogen-bond acceptors (Lipinski definition) is 6. The molecule has 3 N–H and O–H groups in total. The van der Waals surface area contributed by atoms with Gasteiger partial charge in [-0.3, -0.25) is 10.3 Å². The zero-order chi connectivity index (χ0) is 22.7. The van der Waals surface area contributed by atoms with Crippen LogP contribution in [0.2, 0.25) is 0 Å². The van der Waals surface area contributed by atoms with E-state index < -0.39 is 11.7 Å². The van der Waals surface area contributed by atoms with E-state index in [0.717, 1.165) is 37.5 Å². The maximum atomic E-state index is 11.8. The summed E-state index contributed by atoms with van der Waals surface area (Å²) in [6.07, 6.45) is 1.93. The van der Waals surface area contributed by atoms with E-state index in [1.165, 1.54) is 0 Å². The first-order chi connectivity index (χ1) is 14.7. The summed E-state index contributed by atoms with van der Waals surface area (Å²) in [5.74, 6) is 2.09. The van der Waals surface area contributed by atoms with Crippen LogP contribution in [0.1, 0.15) is 51.4 Å². The number of aliphatic imine (C=N–C) groups is 1. The van der Waals surface area contributed by atoms with Crippen LogP contribution in [0.5, 0.6) is 0 Å². The lowest BCUT2D eigenvalue weighted by Crippen LogP contribution is -2.38. The van der Waals surface area contributed by atoms with Gasteiger partial charge in [-0.05, 0) is 65.2 Å². The lowest BCUT2D eigenvalue weighted by Gasteiger charge is -2.19. The number of anilines is 1. The summed E-state index contributed by atoms with van der Waals surface area (Å²) >= 11 is 0. The van der Waals surface area contributed by atoms with Gasteiger partial charge in [0.05, 0.1) is 0 Å². The predicted molar refractivity (Wildman–Crippen MR) is 137 cm³/mol. The van der Waals surface area contributed by atoms with Crippen molar-refractivity contribution in [3.8, 4) is 0 Å². The summed E-state index contributed by atoms with van der Waals surface area (Å²) in [6, 6.07) is 7.73. The molecule has 2 rings (SSSR count). The molecule has 1 heterocycles. The number of nitrogens with zero attached hydrogens (tertiary/aromatic N) is 3. The summed E-state index contributed by atoms with van der Waals surface area (Å²) in [5, 5.41) is 13.1. The van der Waals surface area contributed by atoms with E-state index in [4.69, 9.17) is 9.26 Å². The Morgan fingerprint density at radius 3 is 2.47 bits per heavy atom. The Bertz CT molecular complexity index is 846. The second-order valence-electron chi connectivity index (χ2n) is 8.10. The second kappa shape index (κ2) is 13.9. The van der Waals surface area contributed by atoms with E-state index in [2.05, 4.69) is 31.1 Å². The summed E-state index contributed by atoms with van der Waals surface area (Å²) in [6.45, 7) is 11.6. The van der Waals surface area contributed by atoms with Crippen LogP contribution in [0.4, 0.5) is 10.5 Å². The molecule has 0 aliphatic rings.